The number of carbonyl (C=O) groups excluding carboxylic acids is 1. The van der Waals surface area contributed by atoms with E-state index in [0.29, 0.717) is 12.6 Å². The van der Waals surface area contributed by atoms with Gasteiger partial charge in [0.2, 0.25) is 5.91 Å². The fourth-order valence-electron chi connectivity index (χ4n) is 3.80. The Morgan fingerprint density at radius 2 is 1.62 bits per heavy atom. The predicted molar refractivity (Wildman–Crippen MR) is 97.1 cm³/mol. The molecule has 146 valence electrons. The van der Waals surface area contributed by atoms with Crippen LogP contribution in [0.25, 0.3) is 0 Å². The van der Waals surface area contributed by atoms with Crippen molar-refractivity contribution in [3.63, 3.8) is 0 Å². The highest BCUT2D eigenvalue weighted by Gasteiger charge is 2.30. The van der Waals surface area contributed by atoms with Gasteiger partial charge in [-0.05, 0) is 56.5 Å². The van der Waals surface area contributed by atoms with Crippen LogP contribution in [0.5, 0.6) is 0 Å². The molecule has 0 unspecified atom stereocenters. The largest absolute Gasteiger partial charge is 0.416 e. The predicted octanol–water partition coefficient (Wildman–Crippen LogP) is 4.40. The topological polar surface area (TPSA) is 32.3 Å². The lowest BCUT2D eigenvalue weighted by Gasteiger charge is -2.32. The number of alkyl halides is 3. The van der Waals surface area contributed by atoms with Crippen molar-refractivity contribution in [3.05, 3.63) is 35.4 Å². The molecule has 0 atom stereocenters. The molecule has 2 fully saturated rings. The van der Waals surface area contributed by atoms with Gasteiger partial charge >= 0.3 is 6.18 Å². The molecule has 1 saturated heterocycles. The maximum absolute atomic E-state index is 12.6. The summed E-state index contributed by atoms with van der Waals surface area (Å²) in [5.74, 6) is 0.255. The minimum atomic E-state index is -4.29. The highest BCUT2D eigenvalue weighted by Crippen LogP contribution is 2.29. The van der Waals surface area contributed by atoms with Gasteiger partial charge in [0.05, 0.1) is 5.56 Å². The fraction of sp³-hybridized carbons (Fsp3) is 0.632. The summed E-state index contributed by atoms with van der Waals surface area (Å²) in [6.07, 6.45) is 1.95. The van der Waals surface area contributed by atoms with E-state index < -0.39 is 11.7 Å². The molecule has 1 amide bonds. The molecule has 0 bridgehead atoms. The molecule has 1 aromatic rings. The molecule has 1 N–H and O–H groups in total. The first-order valence-electron chi connectivity index (χ1n) is 9.11. The highest BCUT2D eigenvalue weighted by atomic mass is 35.5. The molecule has 1 aliphatic heterocycles. The lowest BCUT2D eigenvalue weighted by Crippen LogP contribution is -2.42. The van der Waals surface area contributed by atoms with Gasteiger partial charge in [-0.1, -0.05) is 25.0 Å². The smallest absolute Gasteiger partial charge is 0.353 e. The lowest BCUT2D eigenvalue weighted by molar-refractivity contribution is -0.137. The number of piperidine rings is 1. The molecule has 1 saturated carbocycles. The van der Waals surface area contributed by atoms with E-state index in [1.54, 1.807) is 12.1 Å². The molecular formula is C19H26ClF3N2O. The number of hydrogen-bond donors (Lipinski definition) is 1. The minimum absolute atomic E-state index is 0. The number of carbonyl (C=O) groups is 1. The number of nitrogens with one attached hydrogen (secondary N) is 1. The monoisotopic (exact) mass is 390 g/mol. The standard InChI is InChI=1S/C19H25F3N2O.ClH/c20-19(21,22)16-7-5-14(6-8-16)13-24-11-9-15(10-12-24)18(25)23-17-3-1-2-4-17;/h5-8,15,17H,1-4,9-13H2,(H,23,25);1H. The van der Waals surface area contributed by atoms with Gasteiger partial charge in [-0.25, -0.2) is 0 Å². The second kappa shape index (κ2) is 9.09. The first-order chi connectivity index (χ1) is 11.9. The third-order valence-corrected chi connectivity index (χ3v) is 5.35. The van der Waals surface area contributed by atoms with E-state index in [0.717, 1.165) is 56.5 Å². The third kappa shape index (κ3) is 5.61. The average Bonchev–Trinajstić information content (AvgIpc) is 3.08. The zero-order valence-corrected chi connectivity index (χ0v) is 15.5. The summed E-state index contributed by atoms with van der Waals surface area (Å²) < 4.78 is 37.8. The van der Waals surface area contributed by atoms with Crippen LogP contribution in [-0.4, -0.2) is 29.9 Å². The van der Waals surface area contributed by atoms with Gasteiger partial charge in [0.1, 0.15) is 0 Å². The number of nitrogens with zero attached hydrogens (tertiary/aromatic N) is 1. The van der Waals surface area contributed by atoms with E-state index in [1.165, 1.54) is 12.8 Å². The Labute approximate surface area is 158 Å². The molecule has 3 rings (SSSR count). The van der Waals surface area contributed by atoms with Gasteiger partial charge in [0.15, 0.2) is 0 Å². The van der Waals surface area contributed by atoms with Crippen molar-refractivity contribution in [1.82, 2.24) is 10.2 Å². The van der Waals surface area contributed by atoms with Gasteiger partial charge in [-0.3, -0.25) is 9.69 Å². The second-order valence-electron chi connectivity index (χ2n) is 7.24. The summed E-state index contributed by atoms with van der Waals surface area (Å²) in [6.45, 7) is 2.25. The lowest BCUT2D eigenvalue weighted by atomic mass is 9.95. The van der Waals surface area contributed by atoms with Crippen molar-refractivity contribution in [3.8, 4) is 0 Å². The van der Waals surface area contributed by atoms with E-state index in [4.69, 9.17) is 0 Å². The summed E-state index contributed by atoms with van der Waals surface area (Å²) in [4.78, 5) is 14.5. The van der Waals surface area contributed by atoms with Gasteiger partial charge in [-0.15, -0.1) is 12.4 Å². The Morgan fingerprint density at radius 3 is 2.15 bits per heavy atom. The van der Waals surface area contributed by atoms with Crippen LogP contribution in [0, 0.1) is 5.92 Å². The Morgan fingerprint density at radius 1 is 1.04 bits per heavy atom. The Bertz CT molecular complexity index is 577. The molecule has 0 radical (unpaired) electrons. The Kier molecular flexibility index (Phi) is 7.35. The van der Waals surface area contributed by atoms with Crippen LogP contribution in [0.3, 0.4) is 0 Å². The zero-order valence-electron chi connectivity index (χ0n) is 14.7. The summed E-state index contributed by atoms with van der Waals surface area (Å²) in [5, 5.41) is 3.17. The fourth-order valence-corrected chi connectivity index (χ4v) is 3.80. The quantitative estimate of drug-likeness (QED) is 0.826. The van der Waals surface area contributed by atoms with Crippen molar-refractivity contribution < 1.29 is 18.0 Å². The normalized spacial score (nSPS) is 20.0. The molecule has 1 heterocycles. The van der Waals surface area contributed by atoms with Gasteiger partial charge in [0.25, 0.3) is 0 Å². The molecular weight excluding hydrogens is 365 g/mol. The van der Waals surface area contributed by atoms with Gasteiger partial charge in [0, 0.05) is 18.5 Å². The Balaban J connectivity index is 0.00000243. The SMILES string of the molecule is Cl.O=C(NC1CCCC1)C1CCN(Cc2ccc(C(F)(F)F)cc2)CC1. The molecule has 0 spiro atoms. The van der Waals surface area contributed by atoms with E-state index in [2.05, 4.69) is 10.2 Å². The number of rotatable bonds is 4. The van der Waals surface area contributed by atoms with Crippen LogP contribution in [0.2, 0.25) is 0 Å². The van der Waals surface area contributed by atoms with Gasteiger partial charge < -0.3 is 5.32 Å². The molecule has 7 heteroatoms. The van der Waals surface area contributed by atoms with E-state index in [-0.39, 0.29) is 24.2 Å². The third-order valence-electron chi connectivity index (χ3n) is 5.35. The van der Waals surface area contributed by atoms with Crippen molar-refractivity contribution in [1.29, 1.82) is 0 Å². The first-order valence-corrected chi connectivity index (χ1v) is 9.11. The number of hydrogen-bond acceptors (Lipinski definition) is 2. The average molecular weight is 391 g/mol. The van der Waals surface area contributed by atoms with Crippen LogP contribution in [-0.2, 0) is 17.5 Å². The van der Waals surface area contributed by atoms with Crippen molar-refractivity contribution in [2.24, 2.45) is 5.92 Å². The summed E-state index contributed by atoms with van der Waals surface area (Å²) >= 11 is 0. The molecule has 26 heavy (non-hydrogen) atoms. The van der Waals surface area contributed by atoms with Gasteiger partial charge in [-0.2, -0.15) is 13.2 Å². The van der Waals surface area contributed by atoms with E-state index >= 15 is 0 Å². The summed E-state index contributed by atoms with van der Waals surface area (Å²) in [7, 11) is 0. The van der Waals surface area contributed by atoms with Crippen molar-refractivity contribution in [2.45, 2.75) is 57.3 Å². The Hall–Kier alpha value is -1.27. The summed E-state index contributed by atoms with van der Waals surface area (Å²) in [5.41, 5.74) is 0.264. The maximum Gasteiger partial charge on any atom is 0.416 e. The first kappa shape index (κ1) is 21.0. The van der Waals surface area contributed by atoms with Crippen LogP contribution < -0.4 is 5.32 Å². The number of likely N-dealkylation sites (tertiary alicyclic amines) is 1. The van der Waals surface area contributed by atoms with Crippen LogP contribution >= 0.6 is 12.4 Å². The van der Waals surface area contributed by atoms with Crippen molar-refractivity contribution in [2.75, 3.05) is 13.1 Å². The van der Waals surface area contributed by atoms with E-state index in [1.807, 2.05) is 0 Å². The number of halogens is 4. The highest BCUT2D eigenvalue weighted by molar-refractivity contribution is 5.85. The van der Waals surface area contributed by atoms with E-state index in [9.17, 15) is 18.0 Å². The zero-order chi connectivity index (χ0) is 17.9. The van der Waals surface area contributed by atoms with Crippen LogP contribution in [0.1, 0.15) is 49.7 Å². The molecule has 2 aliphatic rings. The molecule has 0 aromatic heterocycles. The van der Waals surface area contributed by atoms with Crippen molar-refractivity contribution >= 4 is 18.3 Å². The maximum atomic E-state index is 12.6. The number of amides is 1. The van der Waals surface area contributed by atoms with Crippen LogP contribution in [0.4, 0.5) is 13.2 Å². The molecule has 1 aromatic carbocycles. The number of benzene rings is 1. The van der Waals surface area contributed by atoms with Crippen LogP contribution in [0.15, 0.2) is 24.3 Å². The second-order valence-corrected chi connectivity index (χ2v) is 7.24. The summed E-state index contributed by atoms with van der Waals surface area (Å²) in [6, 6.07) is 5.72. The molecule has 1 aliphatic carbocycles. The molecule has 3 nitrogen and oxygen atoms in total. The minimum Gasteiger partial charge on any atom is -0.353 e.